The van der Waals surface area contributed by atoms with E-state index in [0.717, 1.165) is 38.4 Å². The van der Waals surface area contributed by atoms with E-state index in [-0.39, 0.29) is 58.1 Å². The van der Waals surface area contributed by atoms with Crippen molar-refractivity contribution in [1.29, 1.82) is 0 Å². The first kappa shape index (κ1) is 47.3. The maximum absolute atomic E-state index is 13.4. The fraction of sp³-hybridized carbons (Fsp3) is 0.375. The van der Waals surface area contributed by atoms with Crippen LogP contribution in [0.4, 0.5) is 11.4 Å². The van der Waals surface area contributed by atoms with Crippen LogP contribution in [0.2, 0.25) is 0 Å². The molecule has 2 aliphatic heterocycles. The number of benzene rings is 5. The van der Waals surface area contributed by atoms with Gasteiger partial charge in [-0.3, -0.25) is 39.0 Å². The van der Waals surface area contributed by atoms with E-state index in [1.165, 1.54) is 9.80 Å². The molecule has 4 amide bonds. The Labute approximate surface area is 386 Å². The molecule has 0 fully saturated rings. The largest absolute Gasteiger partial charge is 0.507 e. The molecule has 5 aromatic carbocycles. The molecule has 0 unspecified atom stereocenters. The molecule has 7 rings (SSSR count). The van der Waals surface area contributed by atoms with Gasteiger partial charge in [-0.15, -0.1) is 19.6 Å². The second kappa shape index (κ2) is 19.8. The van der Waals surface area contributed by atoms with Gasteiger partial charge in [0.2, 0.25) is 0 Å². The maximum Gasteiger partial charge on any atom is 0.261 e. The van der Waals surface area contributed by atoms with E-state index < -0.39 is 29.0 Å². The van der Waals surface area contributed by atoms with Gasteiger partial charge in [0.15, 0.2) is 0 Å². The fourth-order valence-corrected chi connectivity index (χ4v) is 8.71. The van der Waals surface area contributed by atoms with Crippen molar-refractivity contribution in [1.82, 2.24) is 19.8 Å². The van der Waals surface area contributed by atoms with E-state index in [2.05, 4.69) is 21.1 Å². The van der Waals surface area contributed by atoms with Gasteiger partial charge in [-0.05, 0) is 72.4 Å². The number of nitroso groups, excluding NO2 is 4. The lowest BCUT2D eigenvalue weighted by atomic mass is 9.84. The van der Waals surface area contributed by atoms with E-state index in [0.29, 0.717) is 79.1 Å². The second-order valence-corrected chi connectivity index (χ2v) is 17.7. The summed E-state index contributed by atoms with van der Waals surface area (Å²) in [4.78, 5) is 106. The third kappa shape index (κ3) is 9.13. The van der Waals surface area contributed by atoms with Crippen molar-refractivity contribution in [3.8, 4) is 5.75 Å². The molecule has 19 heteroatoms. The number of anilines is 2. The SMILES string of the molecule is CCCCN1C(=O)c2cccc3c(N(CCN(Cc4cc(C(C)(C)C)cc(CN(CCN(N=O)c5ccc6c7c(cccc57)C(=O)N(CCCC)C6=O)N=O)c4O)N=O)N=O)ccc(c23)C1=O. The van der Waals surface area contributed by atoms with Gasteiger partial charge in [-0.2, -0.15) is 0 Å². The van der Waals surface area contributed by atoms with Gasteiger partial charge in [-0.25, -0.2) is 10.0 Å². The van der Waals surface area contributed by atoms with Crippen LogP contribution in [0.15, 0.2) is 93.9 Å². The molecular weight excluding hydrogens is 861 g/mol. The first-order chi connectivity index (χ1) is 32.2. The Morgan fingerprint density at radius 3 is 1.27 bits per heavy atom. The van der Waals surface area contributed by atoms with Crippen molar-refractivity contribution in [2.24, 2.45) is 21.1 Å². The number of carbonyl (C=O) groups is 4. The monoisotopic (exact) mass is 912 g/mol. The number of hydrogen-bond acceptors (Lipinski definition) is 13. The van der Waals surface area contributed by atoms with Gasteiger partial charge < -0.3 is 5.11 Å². The van der Waals surface area contributed by atoms with E-state index in [9.17, 15) is 43.9 Å². The predicted octanol–water partition coefficient (Wildman–Crippen LogP) is 9.13. The third-order valence-corrected chi connectivity index (χ3v) is 12.4. The van der Waals surface area contributed by atoms with Crippen LogP contribution in [0.3, 0.4) is 0 Å². The summed E-state index contributed by atoms with van der Waals surface area (Å²) in [5.41, 5.74) is 2.83. The number of unbranched alkanes of at least 4 members (excludes halogenated alkanes) is 2. The highest BCUT2D eigenvalue weighted by Crippen LogP contribution is 2.39. The number of carbonyl (C=O) groups excluding carboxylic acids is 4. The Bertz CT molecular complexity index is 2590. The number of aromatic hydroxyl groups is 1. The van der Waals surface area contributed by atoms with Crippen molar-refractivity contribution >= 4 is 56.5 Å². The van der Waals surface area contributed by atoms with E-state index in [4.69, 9.17) is 0 Å². The Hall–Kier alpha value is -7.70. The van der Waals surface area contributed by atoms with Crippen molar-refractivity contribution in [3.63, 3.8) is 0 Å². The van der Waals surface area contributed by atoms with E-state index in [1.807, 2.05) is 34.6 Å². The predicted molar refractivity (Wildman–Crippen MR) is 254 cm³/mol. The van der Waals surface area contributed by atoms with Gasteiger partial charge in [0.25, 0.3) is 23.6 Å². The van der Waals surface area contributed by atoms with Crippen LogP contribution in [0.25, 0.3) is 21.5 Å². The zero-order chi connectivity index (χ0) is 48.2. The summed E-state index contributed by atoms with van der Waals surface area (Å²) in [5.74, 6) is -1.91. The summed E-state index contributed by atoms with van der Waals surface area (Å²) in [6, 6.07) is 19.7. The van der Waals surface area contributed by atoms with Crippen LogP contribution in [-0.4, -0.2) is 87.8 Å². The Morgan fingerprint density at radius 2 is 0.925 bits per heavy atom. The number of phenolic OH excluding ortho intramolecular Hbond substituents is 1. The Balaban J connectivity index is 1.08. The minimum atomic E-state index is -0.471. The van der Waals surface area contributed by atoms with Crippen molar-refractivity contribution in [3.05, 3.63) is 131 Å². The number of amides is 4. The Morgan fingerprint density at radius 1 is 0.537 bits per heavy atom. The lowest BCUT2D eigenvalue weighted by Crippen LogP contribution is -2.41. The van der Waals surface area contributed by atoms with E-state index >= 15 is 0 Å². The maximum atomic E-state index is 13.4. The summed E-state index contributed by atoms with van der Waals surface area (Å²) in [7, 11) is 0. The van der Waals surface area contributed by atoms with Crippen LogP contribution in [0.1, 0.15) is 118 Å². The molecule has 67 heavy (non-hydrogen) atoms. The number of rotatable bonds is 22. The highest BCUT2D eigenvalue weighted by molar-refractivity contribution is 6.28. The quantitative estimate of drug-likeness (QED) is 0.0389. The molecule has 0 saturated heterocycles. The van der Waals surface area contributed by atoms with Crippen LogP contribution >= 0.6 is 0 Å². The minimum Gasteiger partial charge on any atom is -0.507 e. The first-order valence-corrected chi connectivity index (χ1v) is 22.3. The molecule has 0 aliphatic carbocycles. The van der Waals surface area contributed by atoms with Crippen LogP contribution in [0, 0.1) is 19.6 Å². The molecule has 0 atom stereocenters. The van der Waals surface area contributed by atoms with Crippen molar-refractivity contribution in [2.75, 3.05) is 49.3 Å². The van der Waals surface area contributed by atoms with Gasteiger partial charge in [0, 0.05) is 68.0 Å². The molecule has 0 aromatic heterocycles. The average molecular weight is 913 g/mol. The summed E-state index contributed by atoms with van der Waals surface area (Å²) in [5, 5.41) is 30.7. The summed E-state index contributed by atoms with van der Waals surface area (Å²) < 4.78 is 0. The molecule has 2 aliphatic rings. The van der Waals surface area contributed by atoms with Crippen LogP contribution < -0.4 is 10.0 Å². The second-order valence-electron chi connectivity index (χ2n) is 17.7. The lowest BCUT2D eigenvalue weighted by Gasteiger charge is -2.29. The molecule has 0 radical (unpaired) electrons. The molecule has 19 nitrogen and oxygen atoms in total. The summed E-state index contributed by atoms with van der Waals surface area (Å²) >= 11 is 0. The van der Waals surface area contributed by atoms with Crippen molar-refractivity contribution < 1.29 is 24.3 Å². The number of imide groups is 2. The van der Waals surface area contributed by atoms with Gasteiger partial charge in [0.05, 0.1) is 71.8 Å². The molecular formula is C48H52N10O9. The van der Waals surface area contributed by atoms with Crippen LogP contribution in [0.5, 0.6) is 5.75 Å². The standard InChI is InChI=1S/C48H52N10O9/c1-6-8-20-55-44(60)35-14-10-12-33-39(18-16-37(41(33)35)46(55)62)57(51-66)24-22-53(49-64)28-30-26-32(48(3,4)5)27-31(43(30)59)29-54(50-65)23-25-58(52-67)40-19-17-38-42-34(40)13-11-15-36(42)45(61)56(47(38)63)21-9-7-2/h10-19,26-27,59H,6-9,20-25,28-29H2,1-5H3. The number of hydrogen-bond donors (Lipinski definition) is 1. The fourth-order valence-electron chi connectivity index (χ4n) is 8.71. The highest BCUT2D eigenvalue weighted by atomic mass is 16.3. The average Bonchev–Trinajstić information content (AvgIpc) is 3.32. The molecule has 5 aromatic rings. The van der Waals surface area contributed by atoms with Gasteiger partial charge >= 0.3 is 0 Å². The topological polar surface area (TPSA) is 226 Å². The van der Waals surface area contributed by atoms with E-state index in [1.54, 1.807) is 72.8 Å². The number of nitrogens with zero attached hydrogens (tertiary/aromatic N) is 10. The number of phenols is 1. The molecule has 348 valence electrons. The molecule has 0 spiro atoms. The van der Waals surface area contributed by atoms with Gasteiger partial charge in [0.1, 0.15) is 5.75 Å². The normalized spacial score (nSPS) is 13.3. The zero-order valence-electron chi connectivity index (χ0n) is 38.1. The molecule has 1 N–H and O–H groups in total. The summed E-state index contributed by atoms with van der Waals surface area (Å²) in [6.45, 7) is 9.40. The third-order valence-electron chi connectivity index (χ3n) is 12.4. The Kier molecular flexibility index (Phi) is 14.0. The first-order valence-electron chi connectivity index (χ1n) is 22.3. The highest BCUT2D eigenvalue weighted by Gasteiger charge is 2.35. The van der Waals surface area contributed by atoms with Crippen molar-refractivity contribution in [2.45, 2.75) is 78.8 Å². The molecule has 0 bridgehead atoms. The minimum absolute atomic E-state index is 0.136. The lowest BCUT2D eigenvalue weighted by molar-refractivity contribution is 0.0593. The summed E-state index contributed by atoms with van der Waals surface area (Å²) in [6.07, 6.45) is 2.91. The zero-order valence-corrected chi connectivity index (χ0v) is 38.1. The van der Waals surface area contributed by atoms with Crippen LogP contribution in [-0.2, 0) is 18.5 Å². The molecule has 0 saturated carbocycles. The molecule has 2 heterocycles. The van der Waals surface area contributed by atoms with Gasteiger partial charge in [-0.1, -0.05) is 71.7 Å². The smallest absolute Gasteiger partial charge is 0.261 e.